The van der Waals surface area contributed by atoms with Gasteiger partial charge in [0, 0.05) is 0 Å². The molecule has 2 aromatic rings. The van der Waals surface area contributed by atoms with Crippen molar-refractivity contribution < 1.29 is 17.9 Å². The monoisotopic (exact) mass is 361 g/mol. The Bertz CT molecular complexity index is 834. The van der Waals surface area contributed by atoms with Gasteiger partial charge >= 0.3 is 0 Å². The first-order valence-electron chi connectivity index (χ1n) is 7.39. The number of hydrazone groups is 1. The molecule has 0 heterocycles. The average molecular weight is 361 g/mol. The first-order chi connectivity index (χ1) is 11.9. The molecule has 0 radical (unpaired) electrons. The van der Waals surface area contributed by atoms with E-state index in [-0.39, 0.29) is 6.54 Å². The molecule has 0 saturated heterocycles. The summed E-state index contributed by atoms with van der Waals surface area (Å²) < 4.78 is 29.9. The van der Waals surface area contributed by atoms with E-state index < -0.39 is 15.9 Å². The van der Waals surface area contributed by atoms with Crippen molar-refractivity contribution in [3.8, 4) is 5.75 Å². The van der Waals surface area contributed by atoms with Gasteiger partial charge in [-0.25, -0.2) is 13.8 Å². The Hall–Kier alpha value is -2.87. The van der Waals surface area contributed by atoms with Crippen LogP contribution < -0.4 is 14.5 Å². The molecule has 7 nitrogen and oxygen atoms in total. The van der Waals surface area contributed by atoms with Gasteiger partial charge in [0.1, 0.15) is 12.3 Å². The molecule has 0 aliphatic rings. The minimum Gasteiger partial charge on any atom is -0.497 e. The standard InChI is InChI=1S/C17H19N3O4S/c1-24-16-10-8-14(9-11-16)12-18-19-17(21)13-20(25(2,22)23)15-6-4-3-5-7-15/h3-12H,13H2,1-2H3,(H,19,21)/b18-12-. The van der Waals surface area contributed by atoms with Crippen LogP contribution in [0, 0.1) is 0 Å². The van der Waals surface area contributed by atoms with Gasteiger partial charge in [0.05, 0.1) is 25.3 Å². The molecular formula is C17H19N3O4S. The van der Waals surface area contributed by atoms with Crippen LogP contribution in [0.25, 0.3) is 0 Å². The lowest BCUT2D eigenvalue weighted by Gasteiger charge is -2.21. The fourth-order valence-corrected chi connectivity index (χ4v) is 2.89. The summed E-state index contributed by atoms with van der Waals surface area (Å²) in [6, 6.07) is 15.5. The third-order valence-electron chi connectivity index (χ3n) is 3.25. The first-order valence-corrected chi connectivity index (χ1v) is 9.23. The van der Waals surface area contributed by atoms with Crippen molar-refractivity contribution in [2.24, 2.45) is 5.10 Å². The molecule has 8 heteroatoms. The van der Waals surface area contributed by atoms with Gasteiger partial charge in [-0.15, -0.1) is 0 Å². The molecule has 2 rings (SSSR count). The summed E-state index contributed by atoms with van der Waals surface area (Å²) in [6.07, 6.45) is 2.51. The molecule has 0 fully saturated rings. The van der Waals surface area contributed by atoms with Gasteiger partial charge in [-0.3, -0.25) is 9.10 Å². The third-order valence-corrected chi connectivity index (χ3v) is 4.39. The van der Waals surface area contributed by atoms with Gasteiger partial charge in [0.25, 0.3) is 5.91 Å². The molecule has 1 N–H and O–H groups in total. The fraction of sp³-hybridized carbons (Fsp3) is 0.176. The van der Waals surface area contributed by atoms with Crippen LogP contribution in [-0.4, -0.2) is 40.4 Å². The maximum absolute atomic E-state index is 12.0. The van der Waals surface area contributed by atoms with Crippen molar-refractivity contribution in [3.63, 3.8) is 0 Å². The summed E-state index contributed by atoms with van der Waals surface area (Å²) in [7, 11) is -2.02. The number of hydrogen-bond donors (Lipinski definition) is 1. The molecule has 0 unspecified atom stereocenters. The predicted molar refractivity (Wildman–Crippen MR) is 97.4 cm³/mol. The zero-order chi connectivity index (χ0) is 18.3. The van der Waals surface area contributed by atoms with Crippen molar-refractivity contribution in [2.75, 3.05) is 24.2 Å². The second-order valence-corrected chi connectivity index (χ2v) is 7.08. The molecule has 2 aromatic carbocycles. The number of ether oxygens (including phenoxy) is 1. The second-order valence-electron chi connectivity index (χ2n) is 5.17. The van der Waals surface area contributed by atoms with Gasteiger partial charge in [0.2, 0.25) is 10.0 Å². The summed E-state index contributed by atoms with van der Waals surface area (Å²) in [4.78, 5) is 12.0. The number of para-hydroxylation sites is 1. The van der Waals surface area contributed by atoms with Crippen LogP contribution in [0.5, 0.6) is 5.75 Å². The van der Waals surface area contributed by atoms with Crippen LogP contribution in [0.1, 0.15) is 5.56 Å². The van der Waals surface area contributed by atoms with Gasteiger partial charge in [-0.1, -0.05) is 18.2 Å². The molecule has 25 heavy (non-hydrogen) atoms. The lowest BCUT2D eigenvalue weighted by Crippen LogP contribution is -2.38. The molecule has 0 aliphatic carbocycles. The van der Waals surface area contributed by atoms with Crippen molar-refractivity contribution in [1.29, 1.82) is 0 Å². The average Bonchev–Trinajstić information content (AvgIpc) is 2.60. The van der Waals surface area contributed by atoms with Crippen molar-refractivity contribution in [1.82, 2.24) is 5.43 Å². The minimum atomic E-state index is -3.59. The zero-order valence-electron chi connectivity index (χ0n) is 13.9. The summed E-state index contributed by atoms with van der Waals surface area (Å²) in [6.45, 7) is -0.358. The summed E-state index contributed by atoms with van der Waals surface area (Å²) in [5.41, 5.74) is 3.51. The van der Waals surface area contributed by atoms with E-state index in [4.69, 9.17) is 4.74 Å². The van der Waals surface area contributed by atoms with Crippen LogP contribution >= 0.6 is 0 Å². The highest BCUT2D eigenvalue weighted by atomic mass is 32.2. The number of methoxy groups -OCH3 is 1. The number of rotatable bonds is 7. The van der Waals surface area contributed by atoms with E-state index in [0.717, 1.165) is 16.1 Å². The van der Waals surface area contributed by atoms with Gasteiger partial charge in [-0.2, -0.15) is 5.10 Å². The van der Waals surface area contributed by atoms with E-state index in [1.54, 1.807) is 61.7 Å². The smallest absolute Gasteiger partial charge is 0.260 e. The maximum Gasteiger partial charge on any atom is 0.260 e. The highest BCUT2D eigenvalue weighted by Gasteiger charge is 2.20. The van der Waals surface area contributed by atoms with E-state index in [1.165, 1.54) is 6.21 Å². The topological polar surface area (TPSA) is 88.1 Å². The van der Waals surface area contributed by atoms with Gasteiger partial charge < -0.3 is 4.74 Å². The Morgan fingerprint density at radius 1 is 1.16 bits per heavy atom. The SMILES string of the molecule is COc1ccc(/C=N\NC(=O)CN(c2ccccc2)S(C)(=O)=O)cc1. The van der Waals surface area contributed by atoms with Gasteiger partial charge in [0.15, 0.2) is 0 Å². The van der Waals surface area contributed by atoms with Crippen LogP contribution in [0.15, 0.2) is 59.7 Å². The molecule has 132 valence electrons. The molecule has 0 bridgehead atoms. The lowest BCUT2D eigenvalue weighted by atomic mass is 10.2. The Morgan fingerprint density at radius 3 is 2.36 bits per heavy atom. The number of hydrogen-bond acceptors (Lipinski definition) is 5. The van der Waals surface area contributed by atoms with Crippen LogP contribution in [0.3, 0.4) is 0 Å². The maximum atomic E-state index is 12.0. The number of benzene rings is 2. The Morgan fingerprint density at radius 2 is 1.80 bits per heavy atom. The Labute approximate surface area is 147 Å². The van der Waals surface area contributed by atoms with Crippen molar-refractivity contribution >= 4 is 27.8 Å². The predicted octanol–water partition coefficient (Wildman–Crippen LogP) is 1.61. The fourth-order valence-electron chi connectivity index (χ4n) is 2.03. The molecule has 0 spiro atoms. The van der Waals surface area contributed by atoms with E-state index in [0.29, 0.717) is 11.4 Å². The normalized spacial score (nSPS) is 11.3. The zero-order valence-corrected chi connectivity index (χ0v) is 14.7. The Balaban J connectivity index is 2.00. The number of amides is 1. The quantitative estimate of drug-likeness (QED) is 0.599. The summed E-state index contributed by atoms with van der Waals surface area (Å²) in [5.74, 6) is 0.173. The van der Waals surface area contributed by atoms with E-state index in [9.17, 15) is 13.2 Å². The molecule has 1 amide bonds. The third kappa shape index (κ3) is 5.61. The van der Waals surface area contributed by atoms with E-state index >= 15 is 0 Å². The molecule has 0 atom stereocenters. The second kappa shape index (κ2) is 8.29. The highest BCUT2D eigenvalue weighted by molar-refractivity contribution is 7.92. The summed E-state index contributed by atoms with van der Waals surface area (Å²) >= 11 is 0. The number of anilines is 1. The molecule has 0 aliphatic heterocycles. The number of carbonyl (C=O) groups is 1. The number of nitrogens with zero attached hydrogens (tertiary/aromatic N) is 2. The number of sulfonamides is 1. The molecule has 0 aromatic heterocycles. The number of carbonyl (C=O) groups excluding carboxylic acids is 1. The Kier molecular flexibility index (Phi) is 6.13. The van der Waals surface area contributed by atoms with Gasteiger partial charge in [-0.05, 0) is 42.0 Å². The van der Waals surface area contributed by atoms with Crippen molar-refractivity contribution in [2.45, 2.75) is 0 Å². The lowest BCUT2D eigenvalue weighted by molar-refractivity contribution is -0.119. The van der Waals surface area contributed by atoms with E-state index in [1.807, 2.05) is 0 Å². The highest BCUT2D eigenvalue weighted by Crippen LogP contribution is 2.16. The van der Waals surface area contributed by atoms with E-state index in [2.05, 4.69) is 10.5 Å². The molecule has 0 saturated carbocycles. The molecular weight excluding hydrogens is 342 g/mol. The van der Waals surface area contributed by atoms with Crippen molar-refractivity contribution in [3.05, 3.63) is 60.2 Å². The largest absolute Gasteiger partial charge is 0.497 e. The summed E-state index contributed by atoms with van der Waals surface area (Å²) in [5, 5.41) is 3.84. The minimum absolute atomic E-state index is 0.358. The number of nitrogens with one attached hydrogen (secondary N) is 1. The van der Waals surface area contributed by atoms with Crippen LogP contribution in [0.4, 0.5) is 5.69 Å². The first kappa shape index (κ1) is 18.5. The van der Waals surface area contributed by atoms with Crippen LogP contribution in [0.2, 0.25) is 0 Å². The van der Waals surface area contributed by atoms with Crippen LogP contribution in [-0.2, 0) is 14.8 Å².